The average molecular weight is 717 g/mol. The van der Waals surface area contributed by atoms with Crippen LogP contribution in [0.3, 0.4) is 0 Å². The summed E-state index contributed by atoms with van der Waals surface area (Å²) in [5.41, 5.74) is 21.1. The summed E-state index contributed by atoms with van der Waals surface area (Å²) < 4.78 is 2.33. The van der Waals surface area contributed by atoms with Gasteiger partial charge in [-0.2, -0.15) is 0 Å². The van der Waals surface area contributed by atoms with Crippen LogP contribution < -0.4 is 0 Å². The topological polar surface area (TPSA) is 17.8 Å². The van der Waals surface area contributed by atoms with Crippen molar-refractivity contribution < 1.29 is 0 Å². The molecule has 2 heterocycles. The summed E-state index contributed by atoms with van der Waals surface area (Å²) in [7, 11) is 0. The molecule has 4 aliphatic rings. The number of hydrogen-bond donors (Lipinski definition) is 0. The summed E-state index contributed by atoms with van der Waals surface area (Å²) >= 11 is 1.85. The number of benzene rings is 8. The molecule has 1 aliphatic heterocycles. The van der Waals surface area contributed by atoms with E-state index in [0.29, 0.717) is 0 Å². The van der Waals surface area contributed by atoms with E-state index < -0.39 is 10.8 Å². The highest BCUT2D eigenvalue weighted by molar-refractivity contribution is 7.99. The molecule has 13 rings (SSSR count). The number of hydrogen-bond acceptors (Lipinski definition) is 2. The smallest absolute Gasteiger partial charge is 0.111 e. The summed E-state index contributed by atoms with van der Waals surface area (Å²) in [5.74, 6) is 1.02. The standard InChI is InChI=1S/C52H32N2S/c1-31-53-46-23-12-24-48-50(46)54(31)47-28-26-33(30-49(47)55-48)32-25-27-37-36-15-4-7-18-40(36)52(45(37)29-32)43-21-10-8-19-41(43)51(42-20-9-11-22-44(42)52)38-16-5-2-13-34(38)35-14-3-6-17-39(35)51/h2-30H,1H3. The van der Waals surface area contributed by atoms with E-state index in [1.54, 1.807) is 0 Å². The van der Waals surface area contributed by atoms with Crippen LogP contribution in [0.4, 0.5) is 0 Å². The van der Waals surface area contributed by atoms with Gasteiger partial charge in [-0.1, -0.05) is 157 Å². The van der Waals surface area contributed by atoms with Crippen molar-refractivity contribution in [2.45, 2.75) is 27.5 Å². The van der Waals surface area contributed by atoms with E-state index in [4.69, 9.17) is 4.98 Å². The largest absolute Gasteiger partial charge is 0.294 e. The van der Waals surface area contributed by atoms with Crippen LogP contribution in [0.15, 0.2) is 186 Å². The van der Waals surface area contributed by atoms with Crippen molar-refractivity contribution in [2.24, 2.45) is 0 Å². The Morgan fingerprint density at radius 2 is 0.891 bits per heavy atom. The van der Waals surface area contributed by atoms with Gasteiger partial charge >= 0.3 is 0 Å². The first-order valence-corrected chi connectivity index (χ1v) is 19.9. The molecule has 256 valence electrons. The fourth-order valence-corrected chi connectivity index (χ4v) is 12.2. The number of aromatic nitrogens is 2. The van der Waals surface area contributed by atoms with Crippen LogP contribution in [0.2, 0.25) is 0 Å². The first-order chi connectivity index (χ1) is 27.2. The van der Waals surface area contributed by atoms with E-state index in [1.807, 2.05) is 11.8 Å². The summed E-state index contributed by atoms with van der Waals surface area (Å²) in [5, 5.41) is 0. The Kier molecular flexibility index (Phi) is 5.67. The van der Waals surface area contributed by atoms with Crippen molar-refractivity contribution in [1.29, 1.82) is 0 Å². The van der Waals surface area contributed by atoms with E-state index >= 15 is 0 Å². The number of para-hydroxylation sites is 1. The Morgan fingerprint density at radius 1 is 0.418 bits per heavy atom. The Hall–Kier alpha value is -6.42. The van der Waals surface area contributed by atoms with Gasteiger partial charge in [-0.05, 0) is 115 Å². The molecular weight excluding hydrogens is 685 g/mol. The monoisotopic (exact) mass is 716 g/mol. The Bertz CT molecular complexity index is 3070. The maximum absolute atomic E-state index is 4.91. The maximum Gasteiger partial charge on any atom is 0.111 e. The molecule has 0 fully saturated rings. The van der Waals surface area contributed by atoms with Crippen molar-refractivity contribution in [3.05, 3.63) is 226 Å². The van der Waals surface area contributed by atoms with Crippen molar-refractivity contribution in [2.75, 3.05) is 0 Å². The molecule has 0 atom stereocenters. The van der Waals surface area contributed by atoms with E-state index in [-0.39, 0.29) is 0 Å². The van der Waals surface area contributed by atoms with Crippen molar-refractivity contribution in [3.63, 3.8) is 0 Å². The highest BCUT2D eigenvalue weighted by Gasteiger charge is 2.58. The van der Waals surface area contributed by atoms with Gasteiger partial charge in [0.15, 0.2) is 0 Å². The minimum atomic E-state index is -0.506. The van der Waals surface area contributed by atoms with Gasteiger partial charge in [-0.25, -0.2) is 4.98 Å². The highest BCUT2D eigenvalue weighted by atomic mass is 32.2. The van der Waals surface area contributed by atoms with Crippen LogP contribution in [0, 0.1) is 6.92 Å². The van der Waals surface area contributed by atoms with E-state index in [2.05, 4.69) is 187 Å². The van der Waals surface area contributed by atoms with Gasteiger partial charge in [0.1, 0.15) is 5.82 Å². The van der Waals surface area contributed by atoms with Crippen LogP contribution in [0.5, 0.6) is 0 Å². The number of rotatable bonds is 1. The lowest BCUT2D eigenvalue weighted by Gasteiger charge is -2.48. The molecule has 1 aromatic heterocycles. The third kappa shape index (κ3) is 3.48. The van der Waals surface area contributed by atoms with Crippen LogP contribution in [-0.2, 0) is 10.8 Å². The van der Waals surface area contributed by atoms with Crippen molar-refractivity contribution in [1.82, 2.24) is 9.55 Å². The molecule has 3 aliphatic carbocycles. The van der Waals surface area contributed by atoms with Crippen molar-refractivity contribution in [3.8, 4) is 39.1 Å². The SMILES string of the molecule is Cc1nc2cccc3c2n1-c1ccc(-c2ccc4c(c2)C2(c5ccccc5-4)c4ccccc4C4(c5ccccc5-c5ccccc54)c4ccccc42)cc1S3. The molecule has 9 aromatic rings. The highest BCUT2D eigenvalue weighted by Crippen LogP contribution is 2.67. The van der Waals surface area contributed by atoms with E-state index in [9.17, 15) is 0 Å². The molecule has 2 nitrogen and oxygen atoms in total. The molecule has 0 N–H and O–H groups in total. The van der Waals surface area contributed by atoms with Crippen LogP contribution in [0.25, 0.3) is 50.1 Å². The molecular formula is C52H32N2S. The lowest BCUT2D eigenvalue weighted by atomic mass is 9.52. The molecule has 55 heavy (non-hydrogen) atoms. The quantitative estimate of drug-likeness (QED) is 0.168. The summed E-state index contributed by atoms with van der Waals surface area (Å²) in [6.07, 6.45) is 0. The third-order valence-electron chi connectivity index (χ3n) is 13.0. The predicted molar refractivity (Wildman–Crippen MR) is 224 cm³/mol. The number of imidazole rings is 1. The molecule has 0 radical (unpaired) electrons. The molecule has 0 saturated carbocycles. The Labute approximate surface area is 323 Å². The van der Waals surface area contributed by atoms with Gasteiger partial charge in [-0.15, -0.1) is 0 Å². The van der Waals surface area contributed by atoms with Gasteiger partial charge < -0.3 is 0 Å². The van der Waals surface area contributed by atoms with Crippen LogP contribution >= 0.6 is 11.8 Å². The van der Waals surface area contributed by atoms with Crippen molar-refractivity contribution >= 4 is 22.8 Å². The van der Waals surface area contributed by atoms with Gasteiger partial charge in [0.05, 0.1) is 27.6 Å². The lowest BCUT2D eigenvalue weighted by Crippen LogP contribution is -2.43. The average Bonchev–Trinajstić information content (AvgIpc) is 3.85. The zero-order valence-electron chi connectivity index (χ0n) is 30.0. The summed E-state index contributed by atoms with van der Waals surface area (Å²) in [6, 6.07) is 66.8. The first kappa shape index (κ1) is 30.0. The molecule has 2 spiro atoms. The Morgan fingerprint density at radius 3 is 1.47 bits per heavy atom. The molecule has 0 saturated heterocycles. The second-order valence-electron chi connectivity index (χ2n) is 15.4. The second kappa shape index (κ2) is 10.4. The Balaban J connectivity index is 1.09. The second-order valence-corrected chi connectivity index (χ2v) is 16.5. The van der Waals surface area contributed by atoms with Gasteiger partial charge in [-0.3, -0.25) is 4.57 Å². The molecule has 0 unspecified atom stereocenters. The third-order valence-corrected chi connectivity index (χ3v) is 14.1. The van der Waals surface area contributed by atoms with Gasteiger partial charge in [0.25, 0.3) is 0 Å². The van der Waals surface area contributed by atoms with E-state index in [1.165, 1.54) is 98.9 Å². The van der Waals surface area contributed by atoms with E-state index in [0.717, 1.165) is 11.3 Å². The summed E-state index contributed by atoms with van der Waals surface area (Å²) in [6.45, 7) is 2.11. The fraction of sp³-hybridized carbons (Fsp3) is 0.0577. The number of aryl methyl sites for hydroxylation is 1. The molecule has 0 amide bonds. The van der Waals surface area contributed by atoms with Crippen LogP contribution in [-0.4, -0.2) is 9.55 Å². The minimum Gasteiger partial charge on any atom is -0.294 e. The molecule has 8 aromatic carbocycles. The number of fused-ring (bicyclic) bond motifs is 18. The maximum atomic E-state index is 4.91. The predicted octanol–water partition coefficient (Wildman–Crippen LogP) is 12.5. The van der Waals surface area contributed by atoms with Gasteiger partial charge in [0.2, 0.25) is 0 Å². The molecule has 3 heteroatoms. The van der Waals surface area contributed by atoms with Crippen LogP contribution in [0.1, 0.15) is 50.3 Å². The zero-order chi connectivity index (χ0) is 36.0. The lowest BCUT2D eigenvalue weighted by molar-refractivity contribution is 0.633. The zero-order valence-corrected chi connectivity index (χ0v) is 30.9. The van der Waals surface area contributed by atoms with Gasteiger partial charge in [0, 0.05) is 9.79 Å². The summed E-state index contributed by atoms with van der Waals surface area (Å²) in [4.78, 5) is 7.42. The first-order valence-electron chi connectivity index (χ1n) is 19.1. The number of nitrogens with zero attached hydrogens (tertiary/aromatic N) is 2. The minimum absolute atomic E-state index is 0.441. The molecule has 0 bridgehead atoms. The fourth-order valence-electron chi connectivity index (χ4n) is 11.1. The normalized spacial score (nSPS) is 15.2.